The second-order valence-corrected chi connectivity index (χ2v) is 4.26. The van der Waals surface area contributed by atoms with Crippen molar-refractivity contribution in [2.75, 3.05) is 5.32 Å². The summed E-state index contributed by atoms with van der Waals surface area (Å²) in [5.74, 6) is -1.57. The van der Waals surface area contributed by atoms with E-state index in [0.717, 1.165) is 29.1 Å². The van der Waals surface area contributed by atoms with Crippen molar-refractivity contribution in [1.82, 2.24) is 9.55 Å². The number of nitriles is 2. The van der Waals surface area contributed by atoms with E-state index in [1.54, 1.807) is 12.1 Å². The van der Waals surface area contributed by atoms with Gasteiger partial charge in [0.05, 0.1) is 16.9 Å². The van der Waals surface area contributed by atoms with Gasteiger partial charge in [0.15, 0.2) is 11.4 Å². The normalized spacial score (nSPS) is 9.70. The van der Waals surface area contributed by atoms with Gasteiger partial charge in [-0.2, -0.15) is 10.5 Å². The van der Waals surface area contributed by atoms with Gasteiger partial charge < -0.3 is 9.88 Å². The number of rotatable bonds is 4. The minimum atomic E-state index is -0.840. The molecule has 0 radical (unpaired) electrons. The summed E-state index contributed by atoms with van der Waals surface area (Å²) < 4.78 is 14.7. The second kappa shape index (κ2) is 6.32. The fourth-order valence-corrected chi connectivity index (χ4v) is 1.77. The quantitative estimate of drug-likeness (QED) is 0.667. The Morgan fingerprint density at radius 2 is 2.17 bits per heavy atom. The third-order valence-corrected chi connectivity index (χ3v) is 2.80. The van der Waals surface area contributed by atoms with Crippen molar-refractivity contribution in [1.29, 1.82) is 10.5 Å². The smallest absolute Gasteiger partial charge is 0.271 e. The van der Waals surface area contributed by atoms with Gasteiger partial charge >= 0.3 is 0 Å². The highest BCUT2D eigenvalue weighted by molar-refractivity contribution is 5.91. The zero-order chi connectivity index (χ0) is 17.0. The minimum Gasteiger partial charge on any atom is -0.322 e. The molecule has 1 N–H and O–H groups in total. The average molecular weight is 314 g/mol. The summed E-state index contributed by atoms with van der Waals surface area (Å²) in [6.45, 7) is -0.403. The minimum absolute atomic E-state index is 0.109. The molecule has 1 aromatic carbocycles. The van der Waals surface area contributed by atoms with Crippen LogP contribution in [0.5, 0.6) is 0 Å². The van der Waals surface area contributed by atoms with Gasteiger partial charge in [0.25, 0.3) is 5.69 Å². The standard InChI is InChI=1S/C13H7FN6O3/c14-9-2-1-8(20(22)23)3-10(9)18-13(21)6-19-7-17-11(4-15)12(19)5-16/h1-3,7H,6H2,(H,18,21). The van der Waals surface area contributed by atoms with Crippen molar-refractivity contribution in [2.45, 2.75) is 6.54 Å². The van der Waals surface area contributed by atoms with Crippen LogP contribution in [0.15, 0.2) is 24.5 Å². The van der Waals surface area contributed by atoms with Gasteiger partial charge in [0.2, 0.25) is 5.91 Å². The maximum absolute atomic E-state index is 13.6. The molecule has 0 aliphatic heterocycles. The zero-order valence-electron chi connectivity index (χ0n) is 11.4. The Labute approximate surface area is 128 Å². The number of carbonyl (C=O) groups excluding carboxylic acids is 1. The summed E-state index contributed by atoms with van der Waals surface area (Å²) >= 11 is 0. The highest BCUT2D eigenvalue weighted by Crippen LogP contribution is 2.21. The number of imidazole rings is 1. The number of carbonyl (C=O) groups is 1. The molecular weight excluding hydrogens is 307 g/mol. The lowest BCUT2D eigenvalue weighted by Gasteiger charge is -2.07. The lowest BCUT2D eigenvalue weighted by molar-refractivity contribution is -0.384. The van der Waals surface area contributed by atoms with E-state index in [2.05, 4.69) is 10.3 Å². The first-order chi connectivity index (χ1) is 11.0. The van der Waals surface area contributed by atoms with Crippen molar-refractivity contribution in [3.8, 4) is 12.1 Å². The van der Waals surface area contributed by atoms with Crippen LogP contribution in [0.2, 0.25) is 0 Å². The Bertz CT molecular complexity index is 877. The van der Waals surface area contributed by atoms with Gasteiger partial charge in [0, 0.05) is 12.1 Å². The summed E-state index contributed by atoms with van der Waals surface area (Å²) in [6.07, 6.45) is 1.13. The third-order valence-electron chi connectivity index (χ3n) is 2.80. The topological polar surface area (TPSA) is 138 Å². The highest BCUT2D eigenvalue weighted by Gasteiger charge is 2.16. The SMILES string of the molecule is N#Cc1ncn(CC(=O)Nc2cc([N+](=O)[O-])ccc2F)c1C#N. The molecule has 23 heavy (non-hydrogen) atoms. The molecule has 0 aliphatic carbocycles. The van der Waals surface area contributed by atoms with E-state index in [4.69, 9.17) is 10.5 Å². The van der Waals surface area contributed by atoms with Gasteiger partial charge in [-0.3, -0.25) is 14.9 Å². The fraction of sp³-hybridized carbons (Fsp3) is 0.0769. The molecule has 0 atom stereocenters. The first-order valence-corrected chi connectivity index (χ1v) is 6.05. The largest absolute Gasteiger partial charge is 0.322 e. The molecular formula is C13H7FN6O3. The van der Waals surface area contributed by atoms with E-state index in [0.29, 0.717) is 0 Å². The first-order valence-electron chi connectivity index (χ1n) is 6.05. The first kappa shape index (κ1) is 15.6. The summed E-state index contributed by atoms with van der Waals surface area (Å²) in [7, 11) is 0. The molecule has 0 unspecified atom stereocenters. The van der Waals surface area contributed by atoms with Gasteiger partial charge in [-0.25, -0.2) is 9.37 Å². The number of benzene rings is 1. The molecule has 0 saturated heterocycles. The van der Waals surface area contributed by atoms with Gasteiger partial charge in [0.1, 0.15) is 24.5 Å². The Balaban J connectivity index is 2.20. The molecule has 0 fully saturated rings. The third kappa shape index (κ3) is 3.28. The number of anilines is 1. The molecule has 0 spiro atoms. The van der Waals surface area contributed by atoms with E-state index < -0.39 is 23.2 Å². The number of nitrogens with zero attached hydrogens (tertiary/aromatic N) is 5. The molecule has 1 heterocycles. The Hall–Kier alpha value is -3.79. The van der Waals surface area contributed by atoms with Crippen LogP contribution in [0.1, 0.15) is 11.4 Å². The monoisotopic (exact) mass is 314 g/mol. The maximum Gasteiger partial charge on any atom is 0.271 e. The van der Waals surface area contributed by atoms with Crippen LogP contribution in [0.4, 0.5) is 15.8 Å². The lowest BCUT2D eigenvalue weighted by Crippen LogP contribution is -2.20. The number of non-ortho nitro benzene ring substituents is 1. The molecule has 1 amide bonds. The van der Waals surface area contributed by atoms with Crippen molar-refractivity contribution in [3.63, 3.8) is 0 Å². The Morgan fingerprint density at radius 3 is 2.78 bits per heavy atom. The molecule has 0 bridgehead atoms. The summed E-state index contributed by atoms with van der Waals surface area (Å²) in [5.41, 5.74) is -0.985. The van der Waals surface area contributed by atoms with Crippen LogP contribution in [-0.4, -0.2) is 20.4 Å². The fourth-order valence-electron chi connectivity index (χ4n) is 1.77. The molecule has 9 nitrogen and oxygen atoms in total. The predicted molar refractivity (Wildman–Crippen MR) is 73.3 cm³/mol. The van der Waals surface area contributed by atoms with E-state index >= 15 is 0 Å². The molecule has 2 aromatic rings. The van der Waals surface area contributed by atoms with Crippen molar-refractivity contribution >= 4 is 17.3 Å². The van der Waals surface area contributed by atoms with E-state index in [-0.39, 0.29) is 22.8 Å². The average Bonchev–Trinajstić information content (AvgIpc) is 2.90. The molecule has 10 heteroatoms. The molecule has 2 rings (SSSR count). The lowest BCUT2D eigenvalue weighted by atomic mass is 10.2. The van der Waals surface area contributed by atoms with E-state index in [1.807, 2.05) is 0 Å². The Morgan fingerprint density at radius 1 is 1.43 bits per heavy atom. The van der Waals surface area contributed by atoms with Crippen molar-refractivity contribution < 1.29 is 14.1 Å². The number of hydrogen-bond donors (Lipinski definition) is 1. The van der Waals surface area contributed by atoms with Crippen molar-refractivity contribution in [2.24, 2.45) is 0 Å². The Kier molecular flexibility index (Phi) is 4.29. The van der Waals surface area contributed by atoms with E-state index in [9.17, 15) is 19.3 Å². The number of aromatic nitrogens is 2. The maximum atomic E-state index is 13.6. The summed E-state index contributed by atoms with van der Waals surface area (Å²) in [5, 5.41) is 30.5. The van der Waals surface area contributed by atoms with Gasteiger partial charge in [-0.15, -0.1) is 0 Å². The number of nitro benzene ring substituents is 1. The second-order valence-electron chi connectivity index (χ2n) is 4.26. The zero-order valence-corrected chi connectivity index (χ0v) is 11.4. The number of nitro groups is 1. The summed E-state index contributed by atoms with van der Waals surface area (Å²) in [4.78, 5) is 25.5. The van der Waals surface area contributed by atoms with Crippen LogP contribution in [-0.2, 0) is 11.3 Å². The number of halogens is 1. The van der Waals surface area contributed by atoms with Crippen molar-refractivity contribution in [3.05, 3.63) is 51.8 Å². The highest BCUT2D eigenvalue weighted by atomic mass is 19.1. The molecule has 0 aliphatic rings. The van der Waals surface area contributed by atoms with Crippen LogP contribution in [0.25, 0.3) is 0 Å². The van der Waals surface area contributed by atoms with Crippen LogP contribution < -0.4 is 5.32 Å². The molecule has 1 aromatic heterocycles. The molecule has 114 valence electrons. The van der Waals surface area contributed by atoms with E-state index in [1.165, 1.54) is 0 Å². The van der Waals surface area contributed by atoms with Gasteiger partial charge in [-0.05, 0) is 6.07 Å². The van der Waals surface area contributed by atoms with Crippen LogP contribution >= 0.6 is 0 Å². The molecule has 0 saturated carbocycles. The number of nitrogens with one attached hydrogen (secondary N) is 1. The van der Waals surface area contributed by atoms with Crippen LogP contribution in [0, 0.1) is 38.6 Å². The summed E-state index contributed by atoms with van der Waals surface area (Å²) in [6, 6.07) is 6.14. The van der Waals surface area contributed by atoms with Gasteiger partial charge in [-0.1, -0.05) is 0 Å². The predicted octanol–water partition coefficient (Wildman–Crippen LogP) is 1.31. The number of amides is 1. The number of hydrogen-bond acceptors (Lipinski definition) is 6. The van der Waals surface area contributed by atoms with Crippen LogP contribution in [0.3, 0.4) is 0 Å².